The highest BCUT2D eigenvalue weighted by molar-refractivity contribution is 9.09. The van der Waals surface area contributed by atoms with Gasteiger partial charge in [-0.2, -0.15) is 0 Å². The zero-order valence-corrected chi connectivity index (χ0v) is 9.19. The molecular formula is C9H19BrO. The summed E-state index contributed by atoms with van der Waals surface area (Å²) >= 11 is 3.63. The second kappa shape index (κ2) is 8.54. The largest absolute Gasteiger partial charge is 0.382 e. The summed E-state index contributed by atoms with van der Waals surface area (Å²) in [6.45, 7) is 6.00. The lowest BCUT2D eigenvalue weighted by Gasteiger charge is -2.07. The molecule has 0 heterocycles. The molecule has 0 spiro atoms. The summed E-state index contributed by atoms with van der Waals surface area (Å²) in [6, 6.07) is 0. The fraction of sp³-hybridized carbons (Fsp3) is 1.00. The first-order valence-corrected chi connectivity index (χ1v) is 5.44. The van der Waals surface area contributed by atoms with Gasteiger partial charge in [-0.3, -0.25) is 0 Å². The van der Waals surface area contributed by atoms with E-state index >= 15 is 0 Å². The average molecular weight is 223 g/mol. The van der Waals surface area contributed by atoms with Gasteiger partial charge in [0, 0.05) is 18.0 Å². The lowest BCUT2D eigenvalue weighted by atomic mass is 10.2. The van der Waals surface area contributed by atoms with E-state index < -0.39 is 0 Å². The molecular weight excluding hydrogens is 204 g/mol. The van der Waals surface area contributed by atoms with Crippen LogP contribution in [0.1, 0.15) is 39.5 Å². The quantitative estimate of drug-likeness (QED) is 0.475. The first kappa shape index (κ1) is 11.4. The third kappa shape index (κ3) is 8.35. The summed E-state index contributed by atoms with van der Waals surface area (Å²) in [4.78, 5) is 0.661. The Bertz CT molecular complexity index is 76.0. The van der Waals surface area contributed by atoms with Crippen molar-refractivity contribution in [3.8, 4) is 0 Å². The lowest BCUT2D eigenvalue weighted by Crippen LogP contribution is -2.03. The van der Waals surface area contributed by atoms with Crippen LogP contribution in [0, 0.1) is 0 Å². The number of halogens is 1. The molecule has 0 rings (SSSR count). The molecule has 1 unspecified atom stereocenters. The standard InChI is InChI=1S/C9H19BrO/c1-3-5-6-9(10)7-8-11-4-2/h9H,3-8H2,1-2H3. The average Bonchev–Trinajstić information content (AvgIpc) is 2.01. The number of rotatable bonds is 7. The third-order valence-electron chi connectivity index (χ3n) is 1.65. The number of alkyl halides is 1. The van der Waals surface area contributed by atoms with Crippen molar-refractivity contribution < 1.29 is 4.74 Å². The predicted octanol–water partition coefficient (Wildman–Crippen LogP) is 3.37. The molecule has 0 radical (unpaired) electrons. The van der Waals surface area contributed by atoms with Crippen LogP contribution in [0.25, 0.3) is 0 Å². The molecule has 0 N–H and O–H groups in total. The van der Waals surface area contributed by atoms with E-state index in [2.05, 4.69) is 22.9 Å². The molecule has 0 bridgehead atoms. The highest BCUT2D eigenvalue weighted by atomic mass is 79.9. The maximum absolute atomic E-state index is 5.25. The maximum atomic E-state index is 5.25. The number of hydrogen-bond donors (Lipinski definition) is 0. The van der Waals surface area contributed by atoms with E-state index in [4.69, 9.17) is 4.74 Å². The Labute approximate surface area is 78.6 Å². The van der Waals surface area contributed by atoms with Crippen LogP contribution in [-0.4, -0.2) is 18.0 Å². The highest BCUT2D eigenvalue weighted by Gasteiger charge is 2.01. The van der Waals surface area contributed by atoms with E-state index in [0.717, 1.165) is 19.6 Å². The second-order valence-electron chi connectivity index (χ2n) is 2.73. The molecule has 0 aromatic heterocycles. The molecule has 1 nitrogen and oxygen atoms in total. The van der Waals surface area contributed by atoms with Gasteiger partial charge in [0.2, 0.25) is 0 Å². The van der Waals surface area contributed by atoms with Crippen molar-refractivity contribution >= 4 is 15.9 Å². The van der Waals surface area contributed by atoms with Gasteiger partial charge < -0.3 is 4.74 Å². The predicted molar refractivity (Wildman–Crippen MR) is 53.4 cm³/mol. The van der Waals surface area contributed by atoms with Gasteiger partial charge in [-0.05, 0) is 19.8 Å². The number of hydrogen-bond acceptors (Lipinski definition) is 1. The third-order valence-corrected chi connectivity index (χ3v) is 2.57. The molecule has 68 valence electrons. The van der Waals surface area contributed by atoms with Crippen molar-refractivity contribution in [2.45, 2.75) is 44.4 Å². The summed E-state index contributed by atoms with van der Waals surface area (Å²) in [6.07, 6.45) is 5.04. The molecule has 0 aliphatic heterocycles. The van der Waals surface area contributed by atoms with E-state index in [1.807, 2.05) is 6.92 Å². The summed E-state index contributed by atoms with van der Waals surface area (Å²) in [5.74, 6) is 0. The second-order valence-corrected chi connectivity index (χ2v) is 4.02. The Balaban J connectivity index is 3.02. The van der Waals surface area contributed by atoms with E-state index in [-0.39, 0.29) is 0 Å². The normalized spacial score (nSPS) is 13.4. The molecule has 1 atom stereocenters. The van der Waals surface area contributed by atoms with E-state index in [1.165, 1.54) is 19.3 Å². The van der Waals surface area contributed by atoms with Gasteiger partial charge in [0.15, 0.2) is 0 Å². The zero-order valence-electron chi connectivity index (χ0n) is 7.61. The van der Waals surface area contributed by atoms with Crippen LogP contribution in [0.5, 0.6) is 0 Å². The van der Waals surface area contributed by atoms with Gasteiger partial charge in [0.05, 0.1) is 0 Å². The van der Waals surface area contributed by atoms with Crippen LogP contribution in [0.2, 0.25) is 0 Å². The molecule has 0 aromatic carbocycles. The van der Waals surface area contributed by atoms with Gasteiger partial charge in [0.1, 0.15) is 0 Å². The molecule has 0 aliphatic rings. The molecule has 0 fully saturated rings. The maximum Gasteiger partial charge on any atom is 0.0476 e. The Morgan fingerprint density at radius 1 is 1.27 bits per heavy atom. The molecule has 0 saturated carbocycles. The van der Waals surface area contributed by atoms with Crippen LogP contribution >= 0.6 is 15.9 Å². The van der Waals surface area contributed by atoms with Crippen LogP contribution in [0.15, 0.2) is 0 Å². The van der Waals surface area contributed by atoms with Crippen LogP contribution < -0.4 is 0 Å². The van der Waals surface area contributed by atoms with Crippen molar-refractivity contribution in [3.05, 3.63) is 0 Å². The monoisotopic (exact) mass is 222 g/mol. The minimum atomic E-state index is 0.661. The Morgan fingerprint density at radius 2 is 2.00 bits per heavy atom. The zero-order chi connectivity index (χ0) is 8.53. The lowest BCUT2D eigenvalue weighted by molar-refractivity contribution is 0.144. The fourth-order valence-electron chi connectivity index (χ4n) is 0.925. The van der Waals surface area contributed by atoms with E-state index in [0.29, 0.717) is 4.83 Å². The first-order valence-electron chi connectivity index (χ1n) is 4.53. The molecule has 2 heteroatoms. The van der Waals surface area contributed by atoms with Crippen molar-refractivity contribution in [1.29, 1.82) is 0 Å². The minimum absolute atomic E-state index is 0.661. The van der Waals surface area contributed by atoms with Crippen LogP contribution in [0.4, 0.5) is 0 Å². The summed E-state index contributed by atoms with van der Waals surface area (Å²) in [5.41, 5.74) is 0. The topological polar surface area (TPSA) is 9.23 Å². The molecule has 0 aliphatic carbocycles. The molecule has 0 aromatic rings. The Hall–Kier alpha value is 0.440. The van der Waals surface area contributed by atoms with E-state index in [9.17, 15) is 0 Å². The number of unbranched alkanes of at least 4 members (excludes halogenated alkanes) is 1. The Morgan fingerprint density at radius 3 is 2.55 bits per heavy atom. The minimum Gasteiger partial charge on any atom is -0.382 e. The van der Waals surface area contributed by atoms with Gasteiger partial charge in [-0.15, -0.1) is 0 Å². The van der Waals surface area contributed by atoms with Gasteiger partial charge in [-0.1, -0.05) is 35.7 Å². The SMILES string of the molecule is CCCCC(Br)CCOCC. The van der Waals surface area contributed by atoms with E-state index in [1.54, 1.807) is 0 Å². The van der Waals surface area contributed by atoms with Gasteiger partial charge in [-0.25, -0.2) is 0 Å². The summed E-state index contributed by atoms with van der Waals surface area (Å²) in [7, 11) is 0. The molecule has 0 amide bonds. The van der Waals surface area contributed by atoms with Crippen molar-refractivity contribution in [2.75, 3.05) is 13.2 Å². The van der Waals surface area contributed by atoms with Crippen molar-refractivity contribution in [3.63, 3.8) is 0 Å². The first-order chi connectivity index (χ1) is 5.31. The smallest absolute Gasteiger partial charge is 0.0476 e. The van der Waals surface area contributed by atoms with Gasteiger partial charge in [0.25, 0.3) is 0 Å². The van der Waals surface area contributed by atoms with Crippen molar-refractivity contribution in [1.82, 2.24) is 0 Å². The molecule has 0 saturated heterocycles. The summed E-state index contributed by atoms with van der Waals surface area (Å²) in [5, 5.41) is 0. The highest BCUT2D eigenvalue weighted by Crippen LogP contribution is 2.13. The van der Waals surface area contributed by atoms with Crippen LogP contribution in [-0.2, 0) is 4.74 Å². The van der Waals surface area contributed by atoms with Crippen LogP contribution in [0.3, 0.4) is 0 Å². The molecule has 11 heavy (non-hydrogen) atoms. The number of ether oxygens (including phenoxy) is 1. The fourth-order valence-corrected chi connectivity index (χ4v) is 1.44. The Kier molecular flexibility index (Phi) is 8.88. The van der Waals surface area contributed by atoms with Crippen molar-refractivity contribution in [2.24, 2.45) is 0 Å². The van der Waals surface area contributed by atoms with Gasteiger partial charge >= 0.3 is 0 Å². The summed E-state index contributed by atoms with van der Waals surface area (Å²) < 4.78 is 5.25.